The van der Waals surface area contributed by atoms with Gasteiger partial charge in [0, 0.05) is 11.5 Å². The van der Waals surface area contributed by atoms with Crippen LogP contribution in [0.2, 0.25) is 0 Å². The van der Waals surface area contributed by atoms with Gasteiger partial charge < -0.3 is 10.4 Å². The number of aliphatic hydroxyl groups is 1. The molecule has 0 aromatic carbocycles. The van der Waals surface area contributed by atoms with E-state index in [1.807, 2.05) is 13.8 Å². The van der Waals surface area contributed by atoms with Crippen molar-refractivity contribution in [2.75, 3.05) is 5.32 Å². The minimum Gasteiger partial charge on any atom is -0.392 e. The number of aliphatic hydroxyl groups excluding tert-OH is 1. The normalized spacial score (nSPS) is 26.0. The molecule has 3 rings (SSSR count). The van der Waals surface area contributed by atoms with Crippen LogP contribution in [0, 0.1) is 11.2 Å². The van der Waals surface area contributed by atoms with Gasteiger partial charge in [-0.15, -0.1) is 5.10 Å². The second-order valence-electron chi connectivity index (χ2n) is 5.36. The molecule has 0 saturated heterocycles. The Morgan fingerprint density at radius 3 is 2.94 bits per heavy atom. The molecule has 2 atom stereocenters. The van der Waals surface area contributed by atoms with Gasteiger partial charge in [0.15, 0.2) is 5.65 Å². The largest absolute Gasteiger partial charge is 0.392 e. The zero-order valence-corrected chi connectivity index (χ0v) is 10.3. The van der Waals surface area contributed by atoms with Crippen molar-refractivity contribution in [1.82, 2.24) is 14.6 Å². The van der Waals surface area contributed by atoms with E-state index in [0.29, 0.717) is 18.0 Å². The van der Waals surface area contributed by atoms with Crippen molar-refractivity contribution in [2.45, 2.75) is 32.4 Å². The maximum absolute atomic E-state index is 13.0. The van der Waals surface area contributed by atoms with Gasteiger partial charge in [-0.2, -0.15) is 4.98 Å². The van der Waals surface area contributed by atoms with E-state index in [1.165, 1.54) is 16.8 Å². The Balaban J connectivity index is 1.84. The summed E-state index contributed by atoms with van der Waals surface area (Å²) in [5, 5.41) is 17.0. The van der Waals surface area contributed by atoms with Crippen LogP contribution in [0.15, 0.2) is 18.3 Å². The van der Waals surface area contributed by atoms with Crippen molar-refractivity contribution in [3.63, 3.8) is 0 Å². The molecule has 0 amide bonds. The average Bonchev–Trinajstić information content (AvgIpc) is 2.70. The molecule has 0 bridgehead atoms. The number of aromatic nitrogens is 3. The molecule has 2 N–H and O–H groups in total. The Morgan fingerprint density at radius 1 is 1.50 bits per heavy atom. The number of halogens is 1. The van der Waals surface area contributed by atoms with Gasteiger partial charge in [-0.05, 0) is 18.6 Å². The second-order valence-corrected chi connectivity index (χ2v) is 5.36. The number of pyridine rings is 1. The summed E-state index contributed by atoms with van der Waals surface area (Å²) in [6.07, 6.45) is 1.66. The summed E-state index contributed by atoms with van der Waals surface area (Å²) >= 11 is 0. The summed E-state index contributed by atoms with van der Waals surface area (Å²) < 4.78 is 14.4. The first-order chi connectivity index (χ1) is 8.46. The molecule has 5 nitrogen and oxygen atoms in total. The van der Waals surface area contributed by atoms with Crippen LogP contribution in [0.25, 0.3) is 5.65 Å². The van der Waals surface area contributed by atoms with Gasteiger partial charge in [0.05, 0.1) is 12.3 Å². The van der Waals surface area contributed by atoms with Gasteiger partial charge in [0.1, 0.15) is 5.82 Å². The van der Waals surface area contributed by atoms with Crippen LogP contribution in [-0.2, 0) is 0 Å². The van der Waals surface area contributed by atoms with Crippen LogP contribution < -0.4 is 5.32 Å². The second kappa shape index (κ2) is 3.65. The maximum atomic E-state index is 13.0. The van der Waals surface area contributed by atoms with E-state index in [0.717, 1.165) is 0 Å². The van der Waals surface area contributed by atoms with E-state index in [4.69, 9.17) is 0 Å². The molecule has 2 heterocycles. The molecule has 2 aromatic rings. The topological polar surface area (TPSA) is 62.5 Å². The molecular formula is C12H15FN4O. The lowest BCUT2D eigenvalue weighted by Gasteiger charge is -2.49. The number of hydrogen-bond donors (Lipinski definition) is 2. The molecule has 0 radical (unpaired) electrons. The predicted molar refractivity (Wildman–Crippen MR) is 64.8 cm³/mol. The summed E-state index contributed by atoms with van der Waals surface area (Å²) in [5.41, 5.74) is 0.402. The van der Waals surface area contributed by atoms with Crippen molar-refractivity contribution < 1.29 is 9.50 Å². The third-order valence-electron chi connectivity index (χ3n) is 3.81. The van der Waals surface area contributed by atoms with E-state index in [1.54, 1.807) is 6.07 Å². The van der Waals surface area contributed by atoms with Crippen molar-refractivity contribution in [3.8, 4) is 0 Å². The van der Waals surface area contributed by atoms with E-state index in [9.17, 15) is 9.50 Å². The molecule has 0 aliphatic heterocycles. The highest BCUT2D eigenvalue weighted by Gasteiger charge is 2.47. The Kier molecular flexibility index (Phi) is 2.31. The van der Waals surface area contributed by atoms with Gasteiger partial charge in [0.2, 0.25) is 5.95 Å². The summed E-state index contributed by atoms with van der Waals surface area (Å²) in [5.74, 6) is 0.115. The summed E-state index contributed by atoms with van der Waals surface area (Å²) in [4.78, 5) is 4.26. The molecule has 1 aliphatic carbocycles. The number of hydrogen-bond acceptors (Lipinski definition) is 4. The number of fused-ring (bicyclic) bond motifs is 1. The summed E-state index contributed by atoms with van der Waals surface area (Å²) in [6, 6.07) is 3.06. The molecule has 18 heavy (non-hydrogen) atoms. The fraction of sp³-hybridized carbons (Fsp3) is 0.500. The number of anilines is 1. The number of nitrogens with zero attached hydrogens (tertiary/aromatic N) is 3. The fourth-order valence-electron chi connectivity index (χ4n) is 2.22. The van der Waals surface area contributed by atoms with E-state index < -0.39 is 0 Å². The van der Waals surface area contributed by atoms with Gasteiger partial charge >= 0.3 is 0 Å². The van der Waals surface area contributed by atoms with E-state index in [-0.39, 0.29) is 23.4 Å². The minimum absolute atomic E-state index is 0.134. The standard InChI is InChI=1S/C12H15FN4O/c1-12(2)8(5-9(12)18)14-11-15-10-4-3-7(13)6-17(10)16-11/h3-4,6,8-9,18H,5H2,1-2H3,(H,14,16). The van der Waals surface area contributed by atoms with Gasteiger partial charge in [-0.1, -0.05) is 13.8 Å². The zero-order valence-electron chi connectivity index (χ0n) is 10.3. The van der Waals surface area contributed by atoms with Crippen molar-refractivity contribution >= 4 is 11.6 Å². The highest BCUT2D eigenvalue weighted by Crippen LogP contribution is 2.41. The molecule has 0 spiro atoms. The van der Waals surface area contributed by atoms with E-state index >= 15 is 0 Å². The quantitative estimate of drug-likeness (QED) is 0.846. The first kappa shape index (κ1) is 11.4. The molecule has 96 valence electrons. The Hall–Kier alpha value is -1.69. The fourth-order valence-corrected chi connectivity index (χ4v) is 2.22. The minimum atomic E-state index is -0.349. The third kappa shape index (κ3) is 1.64. The van der Waals surface area contributed by atoms with Crippen LogP contribution in [0.4, 0.5) is 10.3 Å². The van der Waals surface area contributed by atoms with Crippen molar-refractivity contribution in [2.24, 2.45) is 5.41 Å². The lowest BCUT2D eigenvalue weighted by molar-refractivity contribution is -0.0512. The first-order valence-electron chi connectivity index (χ1n) is 5.93. The van der Waals surface area contributed by atoms with Crippen molar-refractivity contribution in [1.29, 1.82) is 0 Å². The molecular weight excluding hydrogens is 235 g/mol. The van der Waals surface area contributed by atoms with Crippen LogP contribution >= 0.6 is 0 Å². The molecule has 1 fully saturated rings. The maximum Gasteiger partial charge on any atom is 0.243 e. The molecule has 1 aliphatic rings. The van der Waals surface area contributed by atoms with Gasteiger partial charge in [0.25, 0.3) is 0 Å². The molecule has 6 heteroatoms. The number of nitrogens with one attached hydrogen (secondary N) is 1. The van der Waals surface area contributed by atoms with Crippen LogP contribution in [-0.4, -0.2) is 31.9 Å². The molecule has 2 unspecified atom stereocenters. The average molecular weight is 250 g/mol. The van der Waals surface area contributed by atoms with Gasteiger partial charge in [-0.25, -0.2) is 8.91 Å². The van der Waals surface area contributed by atoms with Crippen LogP contribution in [0.1, 0.15) is 20.3 Å². The Labute approximate surface area is 104 Å². The third-order valence-corrected chi connectivity index (χ3v) is 3.81. The summed E-state index contributed by atoms with van der Waals surface area (Å²) in [7, 11) is 0. The Bertz CT molecular complexity index is 595. The highest BCUT2D eigenvalue weighted by atomic mass is 19.1. The lowest BCUT2D eigenvalue weighted by Crippen LogP contribution is -2.57. The van der Waals surface area contributed by atoms with Crippen LogP contribution in [0.3, 0.4) is 0 Å². The number of rotatable bonds is 2. The predicted octanol–water partition coefficient (Wildman–Crippen LogP) is 1.44. The molecule has 2 aromatic heterocycles. The smallest absolute Gasteiger partial charge is 0.243 e. The van der Waals surface area contributed by atoms with E-state index in [2.05, 4.69) is 15.4 Å². The lowest BCUT2D eigenvalue weighted by atomic mass is 9.65. The van der Waals surface area contributed by atoms with Crippen LogP contribution in [0.5, 0.6) is 0 Å². The monoisotopic (exact) mass is 250 g/mol. The Morgan fingerprint density at radius 2 is 2.28 bits per heavy atom. The van der Waals surface area contributed by atoms with Crippen molar-refractivity contribution in [3.05, 3.63) is 24.1 Å². The highest BCUT2D eigenvalue weighted by molar-refractivity contribution is 5.44. The summed E-state index contributed by atoms with van der Waals surface area (Å²) in [6.45, 7) is 3.99. The first-order valence-corrected chi connectivity index (χ1v) is 5.93. The zero-order chi connectivity index (χ0) is 12.9. The molecule has 1 saturated carbocycles. The van der Waals surface area contributed by atoms with Gasteiger partial charge in [-0.3, -0.25) is 0 Å². The SMILES string of the molecule is CC1(C)C(O)CC1Nc1nc2ccc(F)cn2n1.